The predicted molar refractivity (Wildman–Crippen MR) is 157 cm³/mol. The molecule has 4 aromatic heterocycles. The first-order valence-corrected chi connectivity index (χ1v) is 10.4. The number of pyridine rings is 2. The van der Waals surface area contributed by atoms with E-state index in [4.69, 9.17) is 0 Å². The van der Waals surface area contributed by atoms with E-state index < -0.39 is 0 Å². The van der Waals surface area contributed by atoms with E-state index in [1.54, 1.807) is 0 Å². The Morgan fingerprint density at radius 3 is 0.750 bits per heavy atom. The summed E-state index contributed by atoms with van der Waals surface area (Å²) in [4.78, 5) is 24.0. The van der Waals surface area contributed by atoms with Crippen molar-refractivity contribution in [1.82, 2.24) is 29.9 Å². The number of nitrogens with zero attached hydrogens (tertiary/aromatic N) is 6. The normalized spacial score (nSPS) is 8.22. The van der Waals surface area contributed by atoms with Gasteiger partial charge in [0, 0.05) is 48.6 Å². The van der Waals surface area contributed by atoms with Gasteiger partial charge in [-0.15, -0.1) is 0 Å². The third-order valence-electron chi connectivity index (χ3n) is 3.94. The molecule has 6 heteroatoms. The van der Waals surface area contributed by atoms with Gasteiger partial charge in [-0.05, 0) is 89.8 Å². The molecule has 4 aromatic rings. The van der Waals surface area contributed by atoms with Crippen LogP contribution in [0.5, 0.6) is 0 Å². The van der Waals surface area contributed by atoms with Gasteiger partial charge in [0.1, 0.15) is 11.6 Å². The summed E-state index contributed by atoms with van der Waals surface area (Å²) in [5, 5.41) is 0. The highest BCUT2D eigenvalue weighted by Gasteiger charge is 1.84. The van der Waals surface area contributed by atoms with Gasteiger partial charge in [0.05, 0.1) is 0 Å². The van der Waals surface area contributed by atoms with Crippen molar-refractivity contribution >= 4 is 0 Å². The molecule has 0 N–H and O–H groups in total. The molecule has 0 amide bonds. The van der Waals surface area contributed by atoms with Crippen LogP contribution in [-0.4, -0.2) is 29.9 Å². The molecule has 0 aromatic carbocycles. The zero-order valence-electron chi connectivity index (χ0n) is 20.5. The van der Waals surface area contributed by atoms with Crippen LogP contribution in [0.15, 0.2) is 61.4 Å². The molecule has 0 unspecified atom stereocenters. The third kappa shape index (κ3) is 19.9. The highest BCUT2D eigenvalue weighted by molar-refractivity contribution is 5.11. The molecule has 4 rings (SSSR count). The van der Waals surface area contributed by atoms with Gasteiger partial charge in [-0.1, -0.05) is 41.8 Å². The summed E-state index contributed by atoms with van der Waals surface area (Å²) in [7, 11) is 0. The molecule has 0 saturated carbocycles. The summed E-state index contributed by atoms with van der Waals surface area (Å²) in [6, 6.07) is 8.13. The lowest BCUT2D eigenvalue weighted by Gasteiger charge is -1.89. The molecule has 200 valence electrons. The molecule has 0 bridgehead atoms. The van der Waals surface area contributed by atoms with Gasteiger partial charge < -0.3 is 0 Å². The van der Waals surface area contributed by atoms with Crippen molar-refractivity contribution in [3.8, 4) is 0 Å². The fourth-order valence-corrected chi connectivity index (χ4v) is 2.00. The lowest BCUT2D eigenvalue weighted by atomic mass is 10.3. The van der Waals surface area contributed by atoms with Crippen LogP contribution in [0, 0.1) is 55.4 Å². The Bertz CT molecular complexity index is 753. The second-order valence-corrected chi connectivity index (χ2v) is 7.57. The minimum Gasteiger partial charge on any atom is -0.261 e. The Labute approximate surface area is 221 Å². The molecule has 0 saturated heterocycles. The zero-order valence-corrected chi connectivity index (χ0v) is 20.5. The molecule has 0 atom stereocenters. The van der Waals surface area contributed by atoms with Gasteiger partial charge >= 0.3 is 0 Å². The molecule has 0 aliphatic heterocycles. The Balaban J connectivity index is -0.000000183. The number of aryl methyl sites for hydroxylation is 8. The topological polar surface area (TPSA) is 77.3 Å². The van der Waals surface area contributed by atoms with E-state index >= 15 is 0 Å². The smallest absolute Gasteiger partial charge is 0.125 e. The van der Waals surface area contributed by atoms with Crippen LogP contribution in [0.1, 0.15) is 75.0 Å². The van der Waals surface area contributed by atoms with Crippen molar-refractivity contribution in [2.75, 3.05) is 0 Å². The number of rotatable bonds is 0. The van der Waals surface area contributed by atoms with E-state index in [0.29, 0.717) is 0 Å². The minimum atomic E-state index is 0. The predicted octanol–water partition coefficient (Wildman–Crippen LogP) is 8.13. The van der Waals surface area contributed by atoms with Gasteiger partial charge in [-0.3, -0.25) is 9.97 Å². The fraction of sp³-hybridized carbons (Fsp3) is 0.400. The Morgan fingerprint density at radius 2 is 0.583 bits per heavy atom. The average molecular weight is 495 g/mol. The van der Waals surface area contributed by atoms with Crippen LogP contribution in [0.25, 0.3) is 0 Å². The van der Waals surface area contributed by atoms with Gasteiger partial charge in [-0.2, -0.15) is 0 Å². The molecular formula is C30H50N6. The van der Waals surface area contributed by atoms with E-state index in [1.807, 2.05) is 105 Å². The Morgan fingerprint density at radius 1 is 0.333 bits per heavy atom. The Hall–Kier alpha value is -3.54. The Kier molecular flexibility index (Phi) is 24.2. The van der Waals surface area contributed by atoms with Gasteiger partial charge in [0.25, 0.3) is 0 Å². The monoisotopic (exact) mass is 494 g/mol. The second kappa shape index (κ2) is 22.0. The molecule has 0 aliphatic carbocycles. The van der Waals surface area contributed by atoms with Crippen LogP contribution < -0.4 is 0 Å². The van der Waals surface area contributed by atoms with Gasteiger partial charge in [0.2, 0.25) is 0 Å². The van der Waals surface area contributed by atoms with E-state index in [1.165, 1.54) is 11.1 Å². The van der Waals surface area contributed by atoms with Crippen molar-refractivity contribution in [2.24, 2.45) is 0 Å². The number of hydrogen-bond acceptors (Lipinski definition) is 6. The van der Waals surface area contributed by atoms with Crippen molar-refractivity contribution in [3.05, 3.63) is 107 Å². The second-order valence-electron chi connectivity index (χ2n) is 7.57. The highest BCUT2D eigenvalue weighted by Crippen LogP contribution is 1.95. The molecule has 6 nitrogen and oxygen atoms in total. The molecular weight excluding hydrogens is 444 g/mol. The quantitative estimate of drug-likeness (QED) is 0.245. The molecule has 0 fully saturated rings. The summed E-state index contributed by atoms with van der Waals surface area (Å²) < 4.78 is 0. The average Bonchev–Trinajstić information content (AvgIpc) is 2.78. The van der Waals surface area contributed by atoms with Crippen LogP contribution >= 0.6 is 0 Å². The largest absolute Gasteiger partial charge is 0.261 e. The van der Waals surface area contributed by atoms with Crippen molar-refractivity contribution in [1.29, 1.82) is 0 Å². The molecule has 0 aliphatic rings. The van der Waals surface area contributed by atoms with Crippen molar-refractivity contribution < 1.29 is 0 Å². The summed E-state index contributed by atoms with van der Waals surface area (Å²) in [6.07, 6.45) is 11.0. The van der Waals surface area contributed by atoms with Crippen LogP contribution in [0.4, 0.5) is 0 Å². The standard InChI is InChI=1S/2C7H9N.2C6H8N2.4CH4/c2*1-6-3-4-7(2)8-5-6;2*1-5-3-7-6(2)8-4-5;;;;/h2*3-5H,1-2H3;2*3-4H,1-2H3;4*1H4. The third-order valence-corrected chi connectivity index (χ3v) is 3.94. The maximum absolute atomic E-state index is 4.08. The summed E-state index contributed by atoms with van der Waals surface area (Å²) in [6.45, 7) is 15.7. The lowest BCUT2D eigenvalue weighted by molar-refractivity contribution is 1.03. The molecule has 36 heavy (non-hydrogen) atoms. The molecule has 0 radical (unpaired) electrons. The summed E-state index contributed by atoms with van der Waals surface area (Å²) >= 11 is 0. The first-order valence-electron chi connectivity index (χ1n) is 10.4. The summed E-state index contributed by atoms with van der Waals surface area (Å²) in [5.74, 6) is 1.66. The van der Waals surface area contributed by atoms with Crippen LogP contribution in [-0.2, 0) is 0 Å². The first-order chi connectivity index (χ1) is 15.2. The van der Waals surface area contributed by atoms with Crippen molar-refractivity contribution in [2.45, 2.75) is 85.1 Å². The fourth-order valence-electron chi connectivity index (χ4n) is 2.00. The van der Waals surface area contributed by atoms with Crippen LogP contribution in [0.3, 0.4) is 0 Å². The SMILES string of the molecule is C.C.C.C.Cc1ccc(C)nc1.Cc1ccc(C)nc1.Cc1cnc(C)nc1.Cc1cnc(C)nc1. The molecule has 4 heterocycles. The van der Waals surface area contributed by atoms with E-state index in [2.05, 4.69) is 42.0 Å². The minimum absolute atomic E-state index is 0. The summed E-state index contributed by atoms with van der Waals surface area (Å²) in [5.41, 5.74) is 6.81. The van der Waals surface area contributed by atoms with Gasteiger partial charge in [-0.25, -0.2) is 19.9 Å². The van der Waals surface area contributed by atoms with Gasteiger partial charge in [0.15, 0.2) is 0 Å². The maximum Gasteiger partial charge on any atom is 0.125 e. The van der Waals surface area contributed by atoms with E-state index in [-0.39, 0.29) is 29.7 Å². The van der Waals surface area contributed by atoms with Crippen molar-refractivity contribution in [3.63, 3.8) is 0 Å². The zero-order chi connectivity index (χ0) is 23.9. The van der Waals surface area contributed by atoms with E-state index in [0.717, 1.165) is 34.2 Å². The highest BCUT2D eigenvalue weighted by atomic mass is 14.8. The first kappa shape index (κ1) is 39.7. The van der Waals surface area contributed by atoms with Crippen LogP contribution in [0.2, 0.25) is 0 Å². The number of aromatic nitrogens is 6. The maximum atomic E-state index is 4.08. The van der Waals surface area contributed by atoms with E-state index in [9.17, 15) is 0 Å². The number of hydrogen-bond donors (Lipinski definition) is 0. The molecule has 0 spiro atoms. The lowest BCUT2D eigenvalue weighted by Crippen LogP contribution is -1.84.